The molecule has 3 N–H and O–H groups in total. The number of benzene rings is 1. The Kier molecular flexibility index (Phi) is 3.23. The first kappa shape index (κ1) is 14.8. The number of carbonyl (C=O) groups is 1. The molecule has 1 spiro atoms. The normalized spacial score (nSPS) is 23.8. The van der Waals surface area contributed by atoms with Crippen LogP contribution in [0.25, 0.3) is 10.9 Å². The number of hydrazone groups is 1. The first-order chi connectivity index (χ1) is 12.3. The highest BCUT2D eigenvalue weighted by Crippen LogP contribution is 2.50. The Bertz CT molecular complexity index is 915. The molecule has 5 rings (SSSR count). The van der Waals surface area contributed by atoms with E-state index in [1.54, 1.807) is 0 Å². The molecular weight excluding hydrogens is 312 g/mol. The number of nitrogens with zero attached hydrogens (tertiary/aromatic N) is 1. The van der Waals surface area contributed by atoms with Crippen molar-refractivity contribution in [2.45, 2.75) is 50.4 Å². The van der Waals surface area contributed by atoms with Gasteiger partial charge in [-0.15, -0.1) is 0 Å². The third kappa shape index (κ3) is 2.15. The Morgan fingerprint density at radius 2 is 2.00 bits per heavy atom. The predicted molar refractivity (Wildman–Crippen MR) is 99.9 cm³/mol. The van der Waals surface area contributed by atoms with Crippen molar-refractivity contribution >= 4 is 28.7 Å². The van der Waals surface area contributed by atoms with Crippen LogP contribution >= 0.6 is 0 Å². The third-order valence-electron chi connectivity index (χ3n) is 5.99. The van der Waals surface area contributed by atoms with Gasteiger partial charge < -0.3 is 10.3 Å². The van der Waals surface area contributed by atoms with E-state index in [0.29, 0.717) is 0 Å². The fraction of sp³-hybridized carbons (Fsp3) is 0.400. The van der Waals surface area contributed by atoms with Crippen molar-refractivity contribution in [1.29, 1.82) is 0 Å². The quantitative estimate of drug-likeness (QED) is 0.687. The van der Waals surface area contributed by atoms with Crippen molar-refractivity contribution in [2.24, 2.45) is 5.10 Å². The second kappa shape index (κ2) is 5.48. The summed E-state index contributed by atoms with van der Waals surface area (Å²) in [5, 5.41) is 8.64. The molecule has 0 saturated heterocycles. The highest BCUT2D eigenvalue weighted by atomic mass is 16.2. The maximum Gasteiger partial charge on any atom is 0.235 e. The standard InChI is InChI=1S/C20H22N4O/c25-19-20(7-3-4-8-20)15-11-16-14(10-17(15)24-19)13-6-2-1-5-9-21-22-12-18(13)23-16/h5,9-12,21,23H,1-4,6-8H2,(H,24,25)/b9-5+,22-12+. The summed E-state index contributed by atoms with van der Waals surface area (Å²) < 4.78 is 0. The molecule has 3 heterocycles. The molecule has 1 aliphatic carbocycles. The number of hydrogen-bond donors (Lipinski definition) is 3. The van der Waals surface area contributed by atoms with Crippen LogP contribution in [0.5, 0.6) is 0 Å². The number of aromatic amines is 1. The van der Waals surface area contributed by atoms with Crippen LogP contribution in [0.2, 0.25) is 0 Å². The number of fused-ring (bicyclic) bond motifs is 5. The number of rotatable bonds is 0. The molecule has 2 aromatic rings. The number of allylic oxidation sites excluding steroid dienone is 1. The van der Waals surface area contributed by atoms with Gasteiger partial charge in [-0.3, -0.25) is 10.2 Å². The number of aromatic nitrogens is 1. The molecule has 25 heavy (non-hydrogen) atoms. The summed E-state index contributed by atoms with van der Waals surface area (Å²) in [7, 11) is 0. The molecule has 1 aromatic carbocycles. The zero-order valence-corrected chi connectivity index (χ0v) is 14.2. The van der Waals surface area contributed by atoms with Gasteiger partial charge in [0.05, 0.1) is 17.3 Å². The minimum absolute atomic E-state index is 0.194. The summed E-state index contributed by atoms with van der Waals surface area (Å²) in [4.78, 5) is 16.2. The van der Waals surface area contributed by atoms with E-state index < -0.39 is 0 Å². The number of anilines is 1. The number of amides is 1. The summed E-state index contributed by atoms with van der Waals surface area (Å²) in [5.41, 5.74) is 8.31. The lowest BCUT2D eigenvalue weighted by Gasteiger charge is -2.20. The van der Waals surface area contributed by atoms with E-state index in [0.717, 1.165) is 61.8 Å². The van der Waals surface area contributed by atoms with Gasteiger partial charge in [0.2, 0.25) is 5.91 Å². The number of H-pyrrole nitrogens is 1. The molecule has 0 bridgehead atoms. The molecule has 128 valence electrons. The van der Waals surface area contributed by atoms with Crippen molar-refractivity contribution in [2.75, 3.05) is 5.32 Å². The van der Waals surface area contributed by atoms with Gasteiger partial charge in [0, 0.05) is 22.8 Å². The molecule has 0 atom stereocenters. The van der Waals surface area contributed by atoms with Gasteiger partial charge in [-0.1, -0.05) is 18.9 Å². The van der Waals surface area contributed by atoms with Crippen LogP contribution in [0, 0.1) is 0 Å². The lowest BCUT2D eigenvalue weighted by atomic mass is 9.80. The number of nitrogens with one attached hydrogen (secondary N) is 3. The monoisotopic (exact) mass is 334 g/mol. The Hall–Kier alpha value is -2.56. The Morgan fingerprint density at radius 3 is 2.88 bits per heavy atom. The van der Waals surface area contributed by atoms with Gasteiger partial charge in [0.25, 0.3) is 0 Å². The van der Waals surface area contributed by atoms with Gasteiger partial charge in [-0.05, 0) is 55.4 Å². The van der Waals surface area contributed by atoms with Gasteiger partial charge in [0.1, 0.15) is 0 Å². The molecule has 3 aliphatic rings. The van der Waals surface area contributed by atoms with Gasteiger partial charge in [0.15, 0.2) is 0 Å². The molecule has 5 heteroatoms. The molecule has 5 nitrogen and oxygen atoms in total. The molecule has 0 radical (unpaired) electrons. The van der Waals surface area contributed by atoms with Crippen LogP contribution in [-0.4, -0.2) is 17.1 Å². The molecule has 1 amide bonds. The lowest BCUT2D eigenvalue weighted by Crippen LogP contribution is -2.30. The van der Waals surface area contributed by atoms with Crippen LogP contribution in [-0.2, 0) is 16.6 Å². The lowest BCUT2D eigenvalue weighted by molar-refractivity contribution is -0.120. The minimum Gasteiger partial charge on any atom is -0.353 e. The molecular formula is C20H22N4O. The molecule has 2 aliphatic heterocycles. The van der Waals surface area contributed by atoms with Crippen LogP contribution in [0.3, 0.4) is 0 Å². The highest BCUT2D eigenvalue weighted by molar-refractivity contribution is 6.09. The van der Waals surface area contributed by atoms with Crippen molar-refractivity contribution in [3.63, 3.8) is 0 Å². The molecule has 1 aromatic heterocycles. The third-order valence-corrected chi connectivity index (χ3v) is 5.99. The van der Waals surface area contributed by atoms with Crippen LogP contribution in [0.1, 0.15) is 55.3 Å². The van der Waals surface area contributed by atoms with E-state index in [9.17, 15) is 4.79 Å². The van der Waals surface area contributed by atoms with E-state index in [4.69, 9.17) is 0 Å². The largest absolute Gasteiger partial charge is 0.353 e. The van der Waals surface area contributed by atoms with Crippen molar-refractivity contribution < 1.29 is 4.79 Å². The van der Waals surface area contributed by atoms with E-state index in [1.807, 2.05) is 12.4 Å². The summed E-state index contributed by atoms with van der Waals surface area (Å²) in [6.07, 6.45) is 13.2. The first-order valence-corrected chi connectivity index (χ1v) is 9.22. The SMILES string of the molecule is O=C1Nc2cc3c4c([nH]c3cc2C12CCCC2)/C=N/N/C=C/CCC4. The van der Waals surface area contributed by atoms with Crippen LogP contribution in [0.4, 0.5) is 5.69 Å². The van der Waals surface area contributed by atoms with E-state index in [-0.39, 0.29) is 11.3 Å². The topological polar surface area (TPSA) is 69.3 Å². The first-order valence-electron chi connectivity index (χ1n) is 9.22. The molecule has 0 unspecified atom stereocenters. The van der Waals surface area contributed by atoms with Gasteiger partial charge in [-0.25, -0.2) is 0 Å². The Balaban J connectivity index is 1.67. The molecule has 1 saturated carbocycles. The molecule has 1 fully saturated rings. The van der Waals surface area contributed by atoms with E-state index in [2.05, 4.69) is 39.0 Å². The average Bonchev–Trinajstić information content (AvgIpc) is 3.29. The smallest absolute Gasteiger partial charge is 0.235 e. The Labute approximate surface area is 146 Å². The van der Waals surface area contributed by atoms with Crippen molar-refractivity contribution in [3.8, 4) is 0 Å². The summed E-state index contributed by atoms with van der Waals surface area (Å²) in [6, 6.07) is 4.38. The zero-order valence-electron chi connectivity index (χ0n) is 14.2. The zero-order chi connectivity index (χ0) is 16.9. The average molecular weight is 334 g/mol. The maximum atomic E-state index is 12.7. The number of aryl methyl sites for hydroxylation is 1. The van der Waals surface area contributed by atoms with E-state index >= 15 is 0 Å². The van der Waals surface area contributed by atoms with Crippen LogP contribution < -0.4 is 10.7 Å². The fourth-order valence-corrected chi connectivity index (χ4v) is 4.71. The minimum atomic E-state index is -0.294. The number of hydrogen-bond acceptors (Lipinski definition) is 3. The highest BCUT2D eigenvalue weighted by Gasteiger charge is 2.48. The maximum absolute atomic E-state index is 12.7. The van der Waals surface area contributed by atoms with Gasteiger partial charge >= 0.3 is 0 Å². The van der Waals surface area contributed by atoms with Crippen molar-refractivity contribution in [3.05, 3.63) is 41.2 Å². The Morgan fingerprint density at radius 1 is 1.12 bits per heavy atom. The second-order valence-electron chi connectivity index (χ2n) is 7.39. The summed E-state index contributed by atoms with van der Waals surface area (Å²) in [6.45, 7) is 0. The van der Waals surface area contributed by atoms with Crippen LogP contribution in [0.15, 0.2) is 29.5 Å². The van der Waals surface area contributed by atoms with Gasteiger partial charge in [-0.2, -0.15) is 5.10 Å². The predicted octanol–water partition coefficient (Wildman–Crippen LogP) is 3.71. The summed E-state index contributed by atoms with van der Waals surface area (Å²) >= 11 is 0. The fourth-order valence-electron chi connectivity index (χ4n) is 4.71. The number of carbonyl (C=O) groups excluding carboxylic acids is 1. The van der Waals surface area contributed by atoms with Crippen molar-refractivity contribution in [1.82, 2.24) is 10.4 Å². The van der Waals surface area contributed by atoms with E-state index in [1.165, 1.54) is 16.5 Å². The second-order valence-corrected chi connectivity index (χ2v) is 7.39. The summed E-state index contributed by atoms with van der Waals surface area (Å²) in [5.74, 6) is 0.194.